The second kappa shape index (κ2) is 9.64. The Balaban J connectivity index is 1.80. The normalized spacial score (nSPS) is 15.4. The summed E-state index contributed by atoms with van der Waals surface area (Å²) in [6.45, 7) is 30.6. The second-order valence-electron chi connectivity index (χ2n) is 16.0. The average molecular weight is 538 g/mol. The molecule has 2 aromatic heterocycles. The van der Waals surface area contributed by atoms with Crippen LogP contribution in [0.3, 0.4) is 0 Å². The number of hydrogen-bond donors (Lipinski definition) is 0. The maximum Gasteiger partial charge on any atom is 0.0890 e. The number of aromatic nitrogens is 3. The van der Waals surface area contributed by atoms with Gasteiger partial charge < -0.3 is 0 Å². The third-order valence-corrected chi connectivity index (χ3v) is 10.7. The average Bonchev–Trinajstić information content (AvgIpc) is 2.84. The van der Waals surface area contributed by atoms with Crippen LogP contribution < -0.4 is 0 Å². The molecule has 1 atom stereocenters. The number of rotatable bonds is 5. The van der Waals surface area contributed by atoms with Gasteiger partial charge in [-0.1, -0.05) is 120 Å². The van der Waals surface area contributed by atoms with Crippen molar-refractivity contribution in [2.24, 2.45) is 21.7 Å². The quantitative estimate of drug-likeness (QED) is 0.254. The first kappa shape index (κ1) is 30.2. The lowest BCUT2D eigenvalue weighted by Gasteiger charge is -2.52. The van der Waals surface area contributed by atoms with Crippen LogP contribution in [-0.4, -0.2) is 15.0 Å². The Morgan fingerprint density at radius 3 is 1.62 bits per heavy atom. The summed E-state index contributed by atoms with van der Waals surface area (Å²) in [4.78, 5) is 15.4. The molecule has 0 bridgehead atoms. The molecule has 4 rings (SSSR count). The van der Waals surface area contributed by atoms with Crippen LogP contribution in [0.25, 0.3) is 21.9 Å². The Kier molecular flexibility index (Phi) is 7.27. The van der Waals surface area contributed by atoms with Crippen molar-refractivity contribution in [1.82, 2.24) is 15.0 Å². The number of para-hydroxylation sites is 2. The highest BCUT2D eigenvalue weighted by molar-refractivity contribution is 5.79. The van der Waals surface area contributed by atoms with Gasteiger partial charge in [0.25, 0.3) is 0 Å². The first-order chi connectivity index (χ1) is 18.2. The van der Waals surface area contributed by atoms with Crippen molar-refractivity contribution in [2.75, 3.05) is 0 Å². The molecule has 0 saturated heterocycles. The highest BCUT2D eigenvalue weighted by Crippen LogP contribution is 2.55. The van der Waals surface area contributed by atoms with Crippen molar-refractivity contribution in [3.63, 3.8) is 0 Å². The summed E-state index contributed by atoms with van der Waals surface area (Å²) in [5.74, 6) is 0. The molecule has 3 nitrogen and oxygen atoms in total. The largest absolute Gasteiger partial charge is 0.253 e. The molecule has 0 aliphatic carbocycles. The molecule has 40 heavy (non-hydrogen) atoms. The zero-order valence-electron chi connectivity index (χ0n) is 27.3. The van der Waals surface area contributed by atoms with E-state index in [4.69, 9.17) is 15.0 Å². The van der Waals surface area contributed by atoms with Gasteiger partial charge in [-0.25, -0.2) is 4.98 Å². The number of hydrogen-bond acceptors (Lipinski definition) is 3. The van der Waals surface area contributed by atoms with E-state index in [0.717, 1.165) is 28.7 Å². The molecule has 0 radical (unpaired) electrons. The van der Waals surface area contributed by atoms with E-state index in [1.54, 1.807) is 0 Å². The second-order valence-corrected chi connectivity index (χ2v) is 16.0. The summed E-state index contributed by atoms with van der Waals surface area (Å²) in [6.07, 6.45) is 2.91. The molecule has 0 fully saturated rings. The zero-order valence-corrected chi connectivity index (χ0v) is 27.3. The Bertz CT molecular complexity index is 1510. The van der Waals surface area contributed by atoms with Gasteiger partial charge in [-0.05, 0) is 57.9 Å². The highest BCUT2D eigenvalue weighted by atomic mass is 14.8. The van der Waals surface area contributed by atoms with Gasteiger partial charge in [0, 0.05) is 28.1 Å². The summed E-state index contributed by atoms with van der Waals surface area (Å²) in [6, 6.07) is 19.5. The van der Waals surface area contributed by atoms with Crippen molar-refractivity contribution < 1.29 is 0 Å². The molecule has 214 valence electrons. The number of benzene rings is 2. The Morgan fingerprint density at radius 1 is 0.525 bits per heavy atom. The Morgan fingerprint density at radius 2 is 1.05 bits per heavy atom. The maximum absolute atomic E-state index is 5.35. The minimum atomic E-state index is -0.238. The molecule has 0 N–H and O–H groups in total. The standard InChI is InChI=1S/C37H51N3/c1-32(2,3)36(12,33(4,5)6)30-21-20-26-19-18-25(22-29(26)40-30)23-35(10,11)37(13,34(7,8)9)31-24-38-27-16-14-15-17-28(27)39-31/h14-22,24H,23H2,1-13H3/t37-/m1/s1. The fourth-order valence-corrected chi connectivity index (χ4v) is 7.08. The van der Waals surface area contributed by atoms with Gasteiger partial charge in [0.2, 0.25) is 0 Å². The van der Waals surface area contributed by atoms with Crippen molar-refractivity contribution in [3.8, 4) is 0 Å². The SMILES string of the molecule is CC(C)(C)C(C)(c1ccc2ccc(CC(C)(C)[C@](C)(c3cnc4ccccc4n3)C(C)(C)C)cc2n1)C(C)(C)C. The molecule has 0 aliphatic rings. The maximum atomic E-state index is 5.35. The topological polar surface area (TPSA) is 38.7 Å². The van der Waals surface area contributed by atoms with Crippen LogP contribution in [0.15, 0.2) is 60.8 Å². The third-order valence-electron chi connectivity index (χ3n) is 10.7. The van der Waals surface area contributed by atoms with Crippen LogP contribution in [0.5, 0.6) is 0 Å². The van der Waals surface area contributed by atoms with Crippen molar-refractivity contribution >= 4 is 21.9 Å². The van der Waals surface area contributed by atoms with Crippen molar-refractivity contribution in [1.29, 1.82) is 0 Å². The van der Waals surface area contributed by atoms with E-state index in [1.807, 2.05) is 24.4 Å². The zero-order chi connectivity index (χ0) is 29.9. The molecule has 2 heterocycles. The first-order valence-electron chi connectivity index (χ1n) is 14.8. The fourth-order valence-electron chi connectivity index (χ4n) is 7.08. The van der Waals surface area contributed by atoms with Crippen LogP contribution in [-0.2, 0) is 17.3 Å². The molecule has 2 aromatic carbocycles. The van der Waals surface area contributed by atoms with Gasteiger partial charge in [0.05, 0.1) is 22.2 Å². The van der Waals surface area contributed by atoms with Crippen LogP contribution >= 0.6 is 0 Å². The van der Waals surface area contributed by atoms with E-state index < -0.39 is 0 Å². The lowest BCUT2D eigenvalue weighted by molar-refractivity contribution is 0.0506. The van der Waals surface area contributed by atoms with Gasteiger partial charge in [-0.3, -0.25) is 9.97 Å². The van der Waals surface area contributed by atoms with E-state index in [0.29, 0.717) is 0 Å². The van der Waals surface area contributed by atoms with Crippen molar-refractivity contribution in [3.05, 3.63) is 77.7 Å². The highest BCUT2D eigenvalue weighted by Gasteiger charge is 2.52. The first-order valence-corrected chi connectivity index (χ1v) is 14.8. The molecule has 4 aromatic rings. The monoisotopic (exact) mass is 537 g/mol. The van der Waals surface area contributed by atoms with Crippen LogP contribution in [0.1, 0.15) is 107 Å². The van der Waals surface area contributed by atoms with E-state index in [9.17, 15) is 0 Å². The van der Waals surface area contributed by atoms with Crippen molar-refractivity contribution in [2.45, 2.75) is 107 Å². The molecular formula is C37H51N3. The van der Waals surface area contributed by atoms with Gasteiger partial charge in [0.1, 0.15) is 0 Å². The minimum Gasteiger partial charge on any atom is -0.253 e. The summed E-state index contributed by atoms with van der Waals surface area (Å²) < 4.78 is 0. The molecule has 0 spiro atoms. The lowest BCUT2D eigenvalue weighted by Crippen LogP contribution is -2.51. The van der Waals surface area contributed by atoms with E-state index >= 15 is 0 Å². The van der Waals surface area contributed by atoms with Gasteiger partial charge in [-0.2, -0.15) is 0 Å². The third kappa shape index (κ3) is 4.84. The molecule has 0 saturated carbocycles. The molecule has 0 unspecified atom stereocenters. The molecular weight excluding hydrogens is 486 g/mol. The van der Waals surface area contributed by atoms with Gasteiger partial charge in [0.15, 0.2) is 0 Å². The molecule has 0 amide bonds. The Hall–Kier alpha value is -2.81. The van der Waals surface area contributed by atoms with Crippen LogP contribution in [0.4, 0.5) is 0 Å². The van der Waals surface area contributed by atoms with E-state index in [1.165, 1.54) is 16.6 Å². The predicted molar refractivity (Wildman–Crippen MR) is 172 cm³/mol. The summed E-state index contributed by atoms with van der Waals surface area (Å²) >= 11 is 0. The number of nitrogens with zero attached hydrogens (tertiary/aromatic N) is 3. The lowest BCUT2D eigenvalue weighted by atomic mass is 9.51. The Labute approximate surface area is 243 Å². The molecule has 0 aliphatic heterocycles. The van der Waals surface area contributed by atoms with Crippen LogP contribution in [0, 0.1) is 21.7 Å². The summed E-state index contributed by atoms with van der Waals surface area (Å²) in [5.41, 5.74) is 6.12. The van der Waals surface area contributed by atoms with Gasteiger partial charge >= 0.3 is 0 Å². The number of pyridine rings is 1. The predicted octanol–water partition coefficient (Wildman–Crippen LogP) is 10.1. The van der Waals surface area contributed by atoms with E-state index in [-0.39, 0.29) is 32.5 Å². The van der Waals surface area contributed by atoms with Crippen LogP contribution in [0.2, 0.25) is 0 Å². The summed E-state index contributed by atoms with van der Waals surface area (Å²) in [7, 11) is 0. The minimum absolute atomic E-state index is 0.0445. The fraction of sp³-hybridized carbons (Fsp3) is 0.541. The molecule has 3 heteroatoms. The number of fused-ring (bicyclic) bond motifs is 2. The van der Waals surface area contributed by atoms with E-state index in [2.05, 4.69) is 126 Å². The smallest absolute Gasteiger partial charge is 0.0890 e. The van der Waals surface area contributed by atoms with Gasteiger partial charge in [-0.15, -0.1) is 0 Å². The summed E-state index contributed by atoms with van der Waals surface area (Å²) in [5, 5.41) is 1.19.